The highest BCUT2D eigenvalue weighted by molar-refractivity contribution is 6.33. The Morgan fingerprint density at radius 3 is 1.16 bits per heavy atom. The lowest BCUT2D eigenvalue weighted by Gasteiger charge is -2.25. The number of para-hydroxylation sites is 1. The van der Waals surface area contributed by atoms with E-state index < -0.39 is 0 Å². The maximum absolute atomic E-state index is 6.26. The van der Waals surface area contributed by atoms with Crippen molar-refractivity contribution in [3.63, 3.8) is 0 Å². The molecule has 0 spiro atoms. The molecule has 16 aromatic rings. The zero-order valence-corrected chi connectivity index (χ0v) is 84.4. The van der Waals surface area contributed by atoms with Crippen LogP contribution < -0.4 is 39.7 Å². The van der Waals surface area contributed by atoms with Crippen LogP contribution in [0, 0.1) is 65.2 Å². The van der Waals surface area contributed by atoms with E-state index in [1.54, 1.807) is 0 Å². The highest BCUT2D eigenvalue weighted by Gasteiger charge is 2.40. The fraction of sp³-hybridized carbons (Fsp3) is 0.279. The fourth-order valence-corrected chi connectivity index (χ4v) is 19.0. The quantitative estimate of drug-likeness (QED) is 0.0312. The van der Waals surface area contributed by atoms with Gasteiger partial charge in [-0.3, -0.25) is 0 Å². The number of aryl methyl sites for hydroxylation is 1. The molecule has 26 heteroatoms. The molecule has 2 aliphatic carbocycles. The van der Waals surface area contributed by atoms with Crippen LogP contribution in [0.25, 0.3) is 78.4 Å². The highest BCUT2D eigenvalue weighted by atomic mass is 35.5. The molecule has 0 amide bonds. The zero-order chi connectivity index (χ0) is 97.9. The molecule has 137 heavy (non-hydrogen) atoms. The van der Waals surface area contributed by atoms with Crippen LogP contribution in [0.3, 0.4) is 0 Å². The van der Waals surface area contributed by atoms with Gasteiger partial charge in [0, 0.05) is 121 Å². The van der Waals surface area contributed by atoms with E-state index in [0.29, 0.717) is 46.5 Å². The Balaban J connectivity index is 0.000000140. The summed E-state index contributed by atoms with van der Waals surface area (Å²) >= 11 is 37.3. The average Bonchev–Trinajstić information content (AvgIpc) is 1.37. The van der Waals surface area contributed by atoms with Gasteiger partial charge in [0.05, 0.1) is 34.2 Å². The Morgan fingerprint density at radius 2 is 0.745 bits per heavy atom. The summed E-state index contributed by atoms with van der Waals surface area (Å²) in [6.07, 6.45) is 14.0. The number of H-pyrrole nitrogens is 1. The zero-order valence-electron chi connectivity index (χ0n) is 79.9. The minimum atomic E-state index is -0.0529. The Labute approximate surface area is 834 Å². The van der Waals surface area contributed by atoms with Crippen LogP contribution in [0.5, 0.6) is 0 Å². The number of hydrogen-bond donors (Lipinski definition) is 8. The molecule has 7 aromatic heterocycles. The van der Waals surface area contributed by atoms with Crippen LogP contribution in [0.15, 0.2) is 237 Å². The Morgan fingerprint density at radius 1 is 0.380 bits per heavy atom. The van der Waals surface area contributed by atoms with E-state index in [-0.39, 0.29) is 23.4 Å². The molecule has 2 saturated carbocycles. The maximum Gasteiger partial charge on any atom is 0.222 e. The summed E-state index contributed by atoms with van der Waals surface area (Å²) in [6.45, 7) is 27.1. The second-order valence-corrected chi connectivity index (χ2v) is 39.0. The summed E-state index contributed by atoms with van der Waals surface area (Å²) in [7, 11) is 0. The summed E-state index contributed by atoms with van der Waals surface area (Å²) in [5.41, 5.74) is 62.2. The van der Waals surface area contributed by atoms with Crippen molar-refractivity contribution in [1.82, 2.24) is 64.8 Å². The third-order valence-electron chi connectivity index (χ3n) is 25.1. The number of anilines is 7. The van der Waals surface area contributed by atoms with Crippen LogP contribution in [-0.2, 0) is 43.9 Å². The topological polar surface area (TPSA) is 339 Å². The van der Waals surface area contributed by atoms with Crippen molar-refractivity contribution in [3.8, 4) is 67.5 Å². The first-order valence-electron chi connectivity index (χ1n) is 46.4. The number of nitrogen functional groups attached to an aromatic ring is 6. The molecule has 14 N–H and O–H groups in total. The van der Waals surface area contributed by atoms with Gasteiger partial charge < -0.3 is 44.7 Å². The van der Waals surface area contributed by atoms with Crippen molar-refractivity contribution in [2.75, 3.05) is 39.7 Å². The number of rotatable bonds is 22. The largest absolute Gasteiger partial charge is 0.368 e. The van der Waals surface area contributed by atoms with Gasteiger partial charge in [-0.1, -0.05) is 276 Å². The number of aromatic amines is 1. The molecule has 2 fully saturated rings. The van der Waals surface area contributed by atoms with Gasteiger partial charge in [0.2, 0.25) is 35.7 Å². The number of nitrogens with two attached hydrogens (primary N) is 6. The lowest BCUT2D eigenvalue weighted by molar-refractivity contribution is 0.329. The van der Waals surface area contributed by atoms with E-state index >= 15 is 0 Å². The van der Waals surface area contributed by atoms with Crippen LogP contribution in [0.4, 0.5) is 41.5 Å². The van der Waals surface area contributed by atoms with Gasteiger partial charge in [-0.2, -0.15) is 4.98 Å². The summed E-state index contributed by atoms with van der Waals surface area (Å²) in [6, 6.07) is 76.2. The van der Waals surface area contributed by atoms with Crippen molar-refractivity contribution in [3.05, 3.63) is 345 Å². The van der Waals surface area contributed by atoms with Gasteiger partial charge in [-0.25, -0.2) is 54.8 Å². The molecule has 5 atom stereocenters. The first kappa shape index (κ1) is 102. The van der Waals surface area contributed by atoms with E-state index in [4.69, 9.17) is 104 Å². The van der Waals surface area contributed by atoms with E-state index in [0.717, 1.165) is 223 Å². The lowest BCUT2D eigenvalue weighted by Crippen LogP contribution is -2.21. The molecule has 0 saturated heterocycles. The van der Waals surface area contributed by atoms with Crippen molar-refractivity contribution in [1.29, 1.82) is 0 Å². The summed E-state index contributed by atoms with van der Waals surface area (Å²) < 4.78 is 0. The number of hydrogen-bond acceptors (Lipinski definition) is 19. The molecule has 0 aliphatic heterocycles. The third-order valence-corrected chi connectivity index (χ3v) is 27.6. The maximum atomic E-state index is 6.26. The van der Waals surface area contributed by atoms with Gasteiger partial charge in [0.15, 0.2) is 0 Å². The molecule has 706 valence electrons. The van der Waals surface area contributed by atoms with E-state index in [2.05, 4.69) is 198 Å². The van der Waals surface area contributed by atoms with Crippen LogP contribution >= 0.6 is 69.6 Å². The molecule has 2 bridgehead atoms. The number of aromatic nitrogens is 13. The number of halogens is 6. The Bertz CT molecular complexity index is 6850. The molecule has 0 radical (unpaired) electrons. The van der Waals surface area contributed by atoms with Gasteiger partial charge in [-0.05, 0) is 264 Å². The van der Waals surface area contributed by atoms with Gasteiger partial charge in [0.25, 0.3) is 0 Å². The van der Waals surface area contributed by atoms with Crippen LogP contribution in [0.2, 0.25) is 30.1 Å². The highest BCUT2D eigenvalue weighted by Crippen LogP contribution is 2.50. The average molecular weight is 1950 g/mol. The van der Waals surface area contributed by atoms with Crippen molar-refractivity contribution >= 4 is 122 Å². The third kappa shape index (κ3) is 27.2. The second-order valence-electron chi connectivity index (χ2n) is 36.5. The molecular weight excluding hydrogens is 1830 g/mol. The molecule has 2 aliphatic rings. The molecule has 4 unspecified atom stereocenters. The van der Waals surface area contributed by atoms with Crippen LogP contribution in [0.1, 0.15) is 165 Å². The number of benzene rings is 9. The van der Waals surface area contributed by atoms with Crippen molar-refractivity contribution < 1.29 is 0 Å². The second kappa shape index (κ2) is 46.9. The van der Waals surface area contributed by atoms with E-state index in [1.165, 1.54) is 47.8 Å². The first-order chi connectivity index (χ1) is 65.6. The van der Waals surface area contributed by atoms with E-state index in [1.807, 2.05) is 199 Å². The number of fused-ring (bicyclic) bond motifs is 3. The fourth-order valence-electron chi connectivity index (χ4n) is 18.0. The minimum Gasteiger partial charge on any atom is -0.368 e. The predicted octanol–water partition coefficient (Wildman–Crippen LogP) is 27.6. The number of nitrogens with zero attached hydrogens (tertiary/aromatic N) is 12. The van der Waals surface area contributed by atoms with Crippen LogP contribution in [-0.4, -0.2) is 70.8 Å². The molecule has 20 nitrogen and oxygen atoms in total. The SMILES string of the molecule is CCCc1cc(-c2cccc(Cl)c2C)nc(N)n1.Cc1c(Cl)cccc1-c1cc(CC(C)(C)c2ccccc2)nc(N)n1.Cc1c(Cl)cccc1-c1cc(CC(C)C)nc(N)n1.Cc1c(Cl)cccc1-c1cc(CC2CC3CCC2C3)nc(N)n1.Cc1c(Cl)cccc1-c1cc(C[C@H](C)c2ccccc2)nc(N)n1.Cc1c(Cl)cccc1-c1cc(NC(C)Cc2c[nH]c3ccccc23)nc(N)n1. The molecule has 9 aromatic carbocycles. The van der Waals surface area contributed by atoms with Gasteiger partial charge >= 0.3 is 0 Å². The first-order valence-corrected chi connectivity index (χ1v) is 48.6. The normalized spacial score (nSPS) is 14.0. The summed E-state index contributed by atoms with van der Waals surface area (Å²) in [4.78, 5) is 55.8. The molecule has 18 rings (SSSR count). The number of nitrogens with one attached hydrogen (secondary N) is 2. The summed E-state index contributed by atoms with van der Waals surface area (Å²) in [5.74, 6) is 6.02. The molecule has 7 heterocycles. The minimum absolute atomic E-state index is 0.0529. The predicted molar refractivity (Wildman–Crippen MR) is 572 cm³/mol. The molecular formula is C111H120Cl6N20. The van der Waals surface area contributed by atoms with Crippen molar-refractivity contribution in [2.24, 2.45) is 23.7 Å². The Kier molecular flexibility index (Phi) is 34.9. The summed E-state index contributed by atoms with van der Waals surface area (Å²) in [5, 5.41) is 9.08. The van der Waals surface area contributed by atoms with Gasteiger partial charge in [-0.15, -0.1) is 0 Å². The van der Waals surface area contributed by atoms with Gasteiger partial charge in [0.1, 0.15) is 5.82 Å². The lowest BCUT2D eigenvalue weighted by atomic mass is 9.80. The van der Waals surface area contributed by atoms with E-state index in [9.17, 15) is 0 Å². The standard InChI is InChI=1S/C22H22ClN5.C21H22ClN3.C20H20ClN3.C19H22ClN3.C15H18ClN3.C14H16ClN3/c1-13(10-15-12-25-19-9-4-3-6-17(15)19)26-21-11-20(27-22(24)28-21)16-7-5-8-18(23)14(16)2;1-14-17(10-7-11-18(14)22)19-12-16(24-20(23)25-19)13-21(2,3)15-8-5-4-6-9-15;1-13(15-7-4-3-5-8-15)11-16-12-19(24-20(22)23-16)17-9-6-10-18(21)14(17)2;1-11-16(3-2-4-17(11)20)18-10-15(22-19(21)23-18)9-14-8-12-5-6-13(14)7-12;1-9(2)7-11-8-14(19-15(17)18-11)12-5-4-6-13(16)10(12)3;1-3-5-10-8-13(18-14(16)17-10)11-6-4-7-12(15)9(11)2/h3-9,11-13,25H,10H2,1-2H3,(H3,24,26,27,28);4-12H,13H2,1-3H3,(H2,23,24,25);3-10,12-13H,11H2,1-2H3,(H2,22,23,24);2-4,10,12-14H,5-9H2,1H3,(H2,21,22,23);4-6,8-9H,7H2,1-3H3,(H2,17,18,19);4,6-8H,3,5H2,1-2H3,(H2,16,17,18)/t;;13-;;;/m..0.../s1. The smallest absolute Gasteiger partial charge is 0.222 e. The Hall–Kier alpha value is -12.7. The van der Waals surface area contributed by atoms with Crippen molar-refractivity contribution in [2.45, 2.75) is 178 Å². The monoisotopic (exact) mass is 1940 g/mol.